The van der Waals surface area contributed by atoms with Crippen LogP contribution in [0.5, 0.6) is 0 Å². The second-order valence-electron chi connectivity index (χ2n) is 3.58. The second kappa shape index (κ2) is 4.95. The van der Waals surface area contributed by atoms with Crippen molar-refractivity contribution in [2.75, 3.05) is 0 Å². The van der Waals surface area contributed by atoms with Crippen LogP contribution in [0.1, 0.15) is 12.7 Å². The highest BCUT2D eigenvalue weighted by Crippen LogP contribution is 2.33. The fraction of sp³-hybridized carbons (Fsp3) is 0.182. The molecule has 0 aliphatic carbocycles. The van der Waals surface area contributed by atoms with Gasteiger partial charge in [-0.05, 0) is 19.1 Å². The molecule has 2 heterocycles. The van der Waals surface area contributed by atoms with Gasteiger partial charge in [-0.1, -0.05) is 24.0 Å². The molecule has 0 aromatic carbocycles. The lowest BCUT2D eigenvalue weighted by Crippen LogP contribution is -2.41. The van der Waals surface area contributed by atoms with Crippen molar-refractivity contribution in [3.05, 3.63) is 29.1 Å². The second-order valence-corrected chi connectivity index (χ2v) is 5.26. The van der Waals surface area contributed by atoms with E-state index < -0.39 is 17.9 Å². The summed E-state index contributed by atoms with van der Waals surface area (Å²) in [6.45, 7) is 1.42. The first-order valence-corrected chi connectivity index (χ1v) is 6.26. The number of hydrogen-bond acceptors (Lipinski definition) is 5. The first kappa shape index (κ1) is 12.8. The summed E-state index contributed by atoms with van der Waals surface area (Å²) < 4.78 is 5.35. The molecule has 0 spiro atoms. The van der Waals surface area contributed by atoms with E-state index in [0.29, 0.717) is 10.7 Å². The summed E-state index contributed by atoms with van der Waals surface area (Å²) in [6, 6.07) is 2.43. The van der Waals surface area contributed by atoms with Gasteiger partial charge in [0.05, 0.1) is 11.2 Å². The molecule has 1 aromatic rings. The molecule has 1 aromatic heterocycles. The average molecular weight is 283 g/mol. The summed E-state index contributed by atoms with van der Waals surface area (Å²) in [5, 5.41) is 8.92. The summed E-state index contributed by atoms with van der Waals surface area (Å²) in [7, 11) is 0. The van der Waals surface area contributed by atoms with E-state index in [-0.39, 0.29) is 4.32 Å². The quantitative estimate of drug-likeness (QED) is 0.675. The van der Waals surface area contributed by atoms with Gasteiger partial charge in [0.25, 0.3) is 5.91 Å². The van der Waals surface area contributed by atoms with Crippen LogP contribution in [-0.4, -0.2) is 32.2 Å². The van der Waals surface area contributed by atoms with E-state index in [1.807, 2.05) is 0 Å². The molecule has 2 rings (SSSR count). The van der Waals surface area contributed by atoms with Crippen LogP contribution in [0.15, 0.2) is 27.7 Å². The number of nitrogens with zero attached hydrogens (tertiary/aromatic N) is 1. The lowest BCUT2D eigenvalue weighted by molar-refractivity contribution is -0.144. The SMILES string of the molecule is C[C@H](C(=O)O)N1C(=O)C(=Cc2ccco2)SC1=S. The molecule has 0 unspecified atom stereocenters. The van der Waals surface area contributed by atoms with Crippen molar-refractivity contribution in [3.63, 3.8) is 0 Å². The van der Waals surface area contributed by atoms with Gasteiger partial charge in [-0.25, -0.2) is 4.79 Å². The molecule has 1 N–H and O–H groups in total. The predicted octanol–water partition coefficient (Wildman–Crippen LogP) is 1.95. The standard InChI is InChI=1S/C11H9NO4S2/c1-6(10(14)15)12-9(13)8(18-11(12)17)5-7-3-2-4-16-7/h2-6H,1H3,(H,14,15)/t6-/m1/s1. The Morgan fingerprint density at radius 2 is 2.39 bits per heavy atom. The number of carboxylic acids is 1. The van der Waals surface area contributed by atoms with Crippen LogP contribution >= 0.6 is 24.0 Å². The average Bonchev–Trinajstić information content (AvgIpc) is 2.88. The number of thiocarbonyl (C=S) groups is 1. The van der Waals surface area contributed by atoms with Crippen molar-refractivity contribution < 1.29 is 19.1 Å². The predicted molar refractivity (Wildman–Crippen MR) is 70.8 cm³/mol. The van der Waals surface area contributed by atoms with E-state index in [1.165, 1.54) is 13.2 Å². The van der Waals surface area contributed by atoms with E-state index >= 15 is 0 Å². The van der Waals surface area contributed by atoms with Crippen LogP contribution < -0.4 is 0 Å². The van der Waals surface area contributed by atoms with Gasteiger partial charge in [0.1, 0.15) is 16.1 Å². The molecule has 1 amide bonds. The zero-order valence-corrected chi connectivity index (χ0v) is 11.0. The number of carbonyl (C=O) groups excluding carboxylic acids is 1. The molecular formula is C11H9NO4S2. The van der Waals surface area contributed by atoms with E-state index in [9.17, 15) is 9.59 Å². The largest absolute Gasteiger partial charge is 0.480 e. The van der Waals surface area contributed by atoms with Gasteiger partial charge in [0.15, 0.2) is 0 Å². The summed E-state index contributed by atoms with van der Waals surface area (Å²) in [4.78, 5) is 24.4. The third kappa shape index (κ3) is 2.32. The summed E-state index contributed by atoms with van der Waals surface area (Å²) in [5.74, 6) is -0.972. The highest BCUT2D eigenvalue weighted by atomic mass is 32.2. The van der Waals surface area contributed by atoms with Gasteiger partial charge in [-0.3, -0.25) is 9.69 Å². The Morgan fingerprint density at radius 1 is 1.67 bits per heavy atom. The van der Waals surface area contributed by atoms with Crippen molar-refractivity contribution in [1.82, 2.24) is 4.90 Å². The molecule has 5 nitrogen and oxygen atoms in total. The molecule has 7 heteroatoms. The van der Waals surface area contributed by atoms with Crippen molar-refractivity contribution in [3.8, 4) is 0 Å². The van der Waals surface area contributed by atoms with E-state index in [4.69, 9.17) is 21.7 Å². The van der Waals surface area contributed by atoms with E-state index in [2.05, 4.69) is 0 Å². The fourth-order valence-electron chi connectivity index (χ4n) is 1.43. The fourth-order valence-corrected chi connectivity index (χ4v) is 2.83. The zero-order chi connectivity index (χ0) is 13.3. The molecule has 0 saturated carbocycles. The lowest BCUT2D eigenvalue weighted by Gasteiger charge is -2.18. The maximum atomic E-state index is 12.0. The highest BCUT2D eigenvalue weighted by Gasteiger charge is 2.38. The lowest BCUT2D eigenvalue weighted by atomic mass is 10.3. The molecule has 1 atom stereocenters. The number of carbonyl (C=O) groups is 2. The molecule has 1 fully saturated rings. The maximum Gasteiger partial charge on any atom is 0.326 e. The molecule has 1 aliphatic heterocycles. The molecule has 1 aliphatic rings. The Labute approximate surface area is 112 Å². The van der Waals surface area contributed by atoms with Crippen LogP contribution in [-0.2, 0) is 9.59 Å². The van der Waals surface area contributed by atoms with Gasteiger partial charge in [-0.2, -0.15) is 0 Å². The number of furan rings is 1. The number of carboxylic acid groups (broad SMARTS) is 1. The summed E-state index contributed by atoms with van der Waals surface area (Å²) in [5.41, 5.74) is 0. The number of thioether (sulfide) groups is 1. The molecule has 18 heavy (non-hydrogen) atoms. The highest BCUT2D eigenvalue weighted by molar-refractivity contribution is 8.26. The molecule has 1 saturated heterocycles. The number of hydrogen-bond donors (Lipinski definition) is 1. The topological polar surface area (TPSA) is 70.8 Å². The maximum absolute atomic E-state index is 12.0. The van der Waals surface area contributed by atoms with E-state index in [1.54, 1.807) is 18.2 Å². The van der Waals surface area contributed by atoms with Gasteiger partial charge in [-0.15, -0.1) is 0 Å². The Morgan fingerprint density at radius 3 is 2.94 bits per heavy atom. The zero-order valence-electron chi connectivity index (χ0n) is 9.32. The third-order valence-corrected chi connectivity index (χ3v) is 3.72. The minimum Gasteiger partial charge on any atom is -0.480 e. The Kier molecular flexibility index (Phi) is 3.53. The van der Waals surface area contributed by atoms with Gasteiger partial charge in [0.2, 0.25) is 0 Å². The minimum absolute atomic E-state index is 0.243. The molecule has 0 radical (unpaired) electrons. The van der Waals surface area contributed by atoms with Crippen molar-refractivity contribution >= 4 is 46.3 Å². The van der Waals surface area contributed by atoms with Gasteiger partial charge >= 0.3 is 5.97 Å². The van der Waals surface area contributed by atoms with Gasteiger partial charge < -0.3 is 9.52 Å². The van der Waals surface area contributed by atoms with Gasteiger partial charge in [0, 0.05) is 6.08 Å². The van der Waals surface area contributed by atoms with Crippen molar-refractivity contribution in [2.45, 2.75) is 13.0 Å². The Balaban J connectivity index is 2.27. The number of amides is 1. The summed E-state index contributed by atoms with van der Waals surface area (Å²) in [6.07, 6.45) is 3.04. The van der Waals surface area contributed by atoms with Crippen LogP contribution in [0.25, 0.3) is 6.08 Å². The third-order valence-electron chi connectivity index (χ3n) is 2.38. The monoisotopic (exact) mass is 283 g/mol. The van der Waals surface area contributed by atoms with E-state index in [0.717, 1.165) is 16.7 Å². The van der Waals surface area contributed by atoms with Crippen molar-refractivity contribution in [1.29, 1.82) is 0 Å². The normalized spacial score (nSPS) is 19.6. The minimum atomic E-state index is -1.09. The molecular weight excluding hydrogens is 274 g/mol. The Bertz CT molecular complexity index is 535. The number of aliphatic carboxylic acids is 1. The molecule has 0 bridgehead atoms. The smallest absolute Gasteiger partial charge is 0.326 e. The van der Waals surface area contributed by atoms with Crippen LogP contribution in [0, 0.1) is 0 Å². The van der Waals surface area contributed by atoms with Crippen LogP contribution in [0.3, 0.4) is 0 Å². The van der Waals surface area contributed by atoms with Crippen LogP contribution in [0.2, 0.25) is 0 Å². The molecule has 94 valence electrons. The summed E-state index contributed by atoms with van der Waals surface area (Å²) >= 11 is 6.09. The van der Waals surface area contributed by atoms with Crippen molar-refractivity contribution in [2.24, 2.45) is 0 Å². The van der Waals surface area contributed by atoms with Crippen LogP contribution in [0.4, 0.5) is 0 Å². The first-order valence-electron chi connectivity index (χ1n) is 5.04. The Hall–Kier alpha value is -1.60. The first-order chi connectivity index (χ1) is 8.50. The number of rotatable bonds is 3.